The Labute approximate surface area is 340 Å². The maximum absolute atomic E-state index is 12.2. The molecule has 0 N–H and O–H groups in total. The number of nitriles is 1. The average Bonchev–Trinajstić information content (AvgIpc) is 3.41. The van der Waals surface area contributed by atoms with Gasteiger partial charge in [0, 0.05) is 43.0 Å². The molecule has 1 aliphatic rings. The summed E-state index contributed by atoms with van der Waals surface area (Å²) < 4.78 is 33.6. The Morgan fingerprint density at radius 1 is 1.02 bits per heavy atom. The number of halogens is 3. The molecule has 0 spiro atoms. The number of carbonyl (C=O) groups excluding carboxylic acids is 2. The van der Waals surface area contributed by atoms with Crippen LogP contribution < -0.4 is 61.2 Å². The minimum atomic E-state index is -1.00. The zero-order valence-corrected chi connectivity index (χ0v) is 33.5. The van der Waals surface area contributed by atoms with E-state index in [9.17, 15) is 19.1 Å². The van der Waals surface area contributed by atoms with E-state index in [2.05, 4.69) is 37.9 Å². The number of hydrogen-bond donors (Lipinski definition) is 0. The van der Waals surface area contributed by atoms with E-state index in [4.69, 9.17) is 20.5 Å². The third-order valence-electron chi connectivity index (χ3n) is 6.43. The minimum Gasteiger partial charge on any atom is -0.850 e. The second-order valence-corrected chi connectivity index (χ2v) is 12.8. The van der Waals surface area contributed by atoms with Gasteiger partial charge in [-0.1, -0.05) is 95.1 Å². The standard InChI is InChI=1S/C16H12BrNO3.C16H9BrO2.C4H9O.CH3F.K/c1-20-16(19)14-5-3-2-4-11(14)10-21-15-7-6-13(17)8-12(15)9-18;17-9-5-6-15-12(7-9)13-8-14(18)10-3-1-2-4-11(10)16(13)19-15;1-4(2,3)5;1-2;/h2-8H,10H2,1H3;1-7H,8H2;1-3H3;1H3;/q;;-1;;+1/i;;;1D;. The van der Waals surface area contributed by atoms with Crippen LogP contribution in [0, 0.1) is 11.3 Å². The molecule has 1 aromatic heterocycles. The van der Waals surface area contributed by atoms with Crippen LogP contribution in [0.5, 0.6) is 5.75 Å². The summed E-state index contributed by atoms with van der Waals surface area (Å²) in [6.45, 7) is 5.08. The molecule has 11 heteroatoms. The number of Topliss-reactive ketones (excluding diaryl/α,β-unsaturated/α-hetero) is 1. The Hall–Kier alpha value is -2.66. The first-order chi connectivity index (χ1) is 22.8. The Balaban J connectivity index is 0.000000276. The summed E-state index contributed by atoms with van der Waals surface area (Å²) in [5.41, 5.74) is 4.33. The predicted molar refractivity (Wildman–Crippen MR) is 185 cm³/mol. The second kappa shape index (κ2) is 19.5. The van der Waals surface area contributed by atoms with Crippen molar-refractivity contribution >= 4 is 54.6 Å². The summed E-state index contributed by atoms with van der Waals surface area (Å²) in [5, 5.41) is 20.2. The summed E-state index contributed by atoms with van der Waals surface area (Å²) in [4.78, 5) is 23.9. The fourth-order valence-corrected chi connectivity index (χ4v) is 5.24. The Bertz CT molecular complexity index is 1930. The third-order valence-corrected chi connectivity index (χ3v) is 7.42. The van der Waals surface area contributed by atoms with Gasteiger partial charge in [0.25, 0.3) is 0 Å². The minimum absolute atomic E-state index is 0. The third kappa shape index (κ3) is 11.5. The quantitative estimate of drug-likeness (QED) is 0.161. The van der Waals surface area contributed by atoms with E-state index >= 15 is 0 Å². The summed E-state index contributed by atoms with van der Waals surface area (Å²) in [7, 11) is 0.336. The number of fused-ring (bicyclic) bond motifs is 5. The first-order valence-corrected chi connectivity index (χ1v) is 15.8. The van der Waals surface area contributed by atoms with Crippen LogP contribution in [0.25, 0.3) is 22.3 Å². The van der Waals surface area contributed by atoms with Gasteiger partial charge < -0.3 is 19.0 Å². The van der Waals surface area contributed by atoms with Gasteiger partial charge in [-0.25, -0.2) is 4.79 Å². The summed E-state index contributed by atoms with van der Waals surface area (Å²) in [5.74, 6) is 1.06. The van der Waals surface area contributed by atoms with Crippen molar-refractivity contribution in [2.24, 2.45) is 0 Å². The molecule has 5 aromatic rings. The van der Waals surface area contributed by atoms with Crippen LogP contribution >= 0.6 is 31.9 Å². The fraction of sp³-hybridized carbons (Fsp3) is 0.216. The first-order valence-electron chi connectivity index (χ1n) is 14.9. The summed E-state index contributed by atoms with van der Waals surface area (Å²) in [6.07, 6.45) is 0.412. The molecule has 6 rings (SSSR count). The van der Waals surface area contributed by atoms with Gasteiger partial charge in [-0.15, -0.1) is 5.60 Å². The van der Waals surface area contributed by atoms with Gasteiger partial charge in [-0.2, -0.15) is 5.26 Å². The van der Waals surface area contributed by atoms with Crippen molar-refractivity contribution in [1.82, 2.24) is 0 Å². The normalized spacial score (nSPS) is 11.2. The number of ether oxygens (including phenoxy) is 2. The van der Waals surface area contributed by atoms with Crippen molar-refractivity contribution in [2.45, 2.75) is 39.4 Å². The number of methoxy groups -OCH3 is 1. The molecule has 48 heavy (non-hydrogen) atoms. The summed E-state index contributed by atoms with van der Waals surface area (Å²) >= 11 is 6.77. The molecule has 0 saturated heterocycles. The molecule has 0 bridgehead atoms. The average molecular weight is 807 g/mol. The van der Waals surface area contributed by atoms with Gasteiger partial charge in [0.15, 0.2) is 5.78 Å². The molecular formula is C37H33Br2FKNO6. The fourth-order valence-electron chi connectivity index (χ4n) is 4.52. The number of alkyl halides is 1. The molecule has 4 aromatic carbocycles. The Morgan fingerprint density at radius 3 is 2.25 bits per heavy atom. The molecule has 0 aliphatic heterocycles. The van der Waals surface area contributed by atoms with E-state index in [1.54, 1.807) is 57.2 Å². The van der Waals surface area contributed by atoms with E-state index in [0.717, 1.165) is 42.4 Å². The molecule has 0 radical (unpaired) electrons. The molecule has 0 saturated carbocycles. The molecule has 0 amide bonds. The second-order valence-electron chi connectivity index (χ2n) is 11.0. The number of ketones is 1. The maximum atomic E-state index is 12.2. The maximum Gasteiger partial charge on any atom is 1.00 e. The van der Waals surface area contributed by atoms with Crippen LogP contribution in [0.2, 0.25) is 0 Å². The van der Waals surface area contributed by atoms with Crippen LogP contribution in [0.1, 0.15) is 59.5 Å². The van der Waals surface area contributed by atoms with Gasteiger partial charge in [0.1, 0.15) is 29.8 Å². The van der Waals surface area contributed by atoms with Crippen molar-refractivity contribution in [3.05, 3.63) is 122 Å². The van der Waals surface area contributed by atoms with E-state index in [-0.39, 0.29) is 63.8 Å². The molecule has 0 unspecified atom stereocenters. The van der Waals surface area contributed by atoms with Crippen LogP contribution in [-0.2, 0) is 17.8 Å². The topological polar surface area (TPSA) is 113 Å². The van der Waals surface area contributed by atoms with Crippen molar-refractivity contribution in [1.29, 1.82) is 5.26 Å². The molecule has 7 nitrogen and oxygen atoms in total. The SMILES string of the molecule is CC(C)(C)[O-].COC(=O)c1ccccc1COc1ccc(Br)cc1C#N.O=C1Cc2c(oc3ccc(Br)cc23)-c2ccccc21.[2H]CF.[K+]. The zero-order valence-electron chi connectivity index (χ0n) is 28.2. The number of esters is 1. The van der Waals surface area contributed by atoms with Crippen molar-refractivity contribution < 1.29 is 85.7 Å². The van der Waals surface area contributed by atoms with Crippen molar-refractivity contribution in [3.63, 3.8) is 0 Å². The van der Waals surface area contributed by atoms with E-state index in [1.807, 2.05) is 48.5 Å². The van der Waals surface area contributed by atoms with Gasteiger partial charge >= 0.3 is 57.4 Å². The van der Waals surface area contributed by atoms with Gasteiger partial charge in [0.2, 0.25) is 0 Å². The number of nitrogens with zero attached hydrogens (tertiary/aromatic N) is 1. The van der Waals surface area contributed by atoms with Gasteiger partial charge in [-0.3, -0.25) is 9.18 Å². The smallest absolute Gasteiger partial charge is 0.850 e. The largest absolute Gasteiger partial charge is 1.00 e. The van der Waals surface area contributed by atoms with Crippen molar-refractivity contribution in [2.75, 3.05) is 14.3 Å². The number of benzene rings is 4. The monoisotopic (exact) mass is 804 g/mol. The van der Waals surface area contributed by atoms with Crippen LogP contribution in [0.4, 0.5) is 4.39 Å². The van der Waals surface area contributed by atoms with E-state index in [1.165, 1.54) is 7.11 Å². The molecule has 1 aliphatic carbocycles. The van der Waals surface area contributed by atoms with Gasteiger partial charge in [0.05, 0.1) is 26.8 Å². The van der Waals surface area contributed by atoms with E-state index in [0.29, 0.717) is 28.9 Å². The number of carbonyl (C=O) groups is 2. The molecule has 1 heterocycles. The molecule has 244 valence electrons. The zero-order chi connectivity index (χ0) is 35.4. The first kappa shape index (κ1) is 39.8. The van der Waals surface area contributed by atoms with Crippen LogP contribution in [0.3, 0.4) is 0 Å². The summed E-state index contributed by atoms with van der Waals surface area (Å²) in [6, 6.07) is 27.8. The number of hydrogen-bond acceptors (Lipinski definition) is 7. The molecule has 0 atom stereocenters. The van der Waals surface area contributed by atoms with Crippen LogP contribution in [0.15, 0.2) is 98.3 Å². The number of furan rings is 1. The van der Waals surface area contributed by atoms with Crippen LogP contribution in [-0.4, -0.2) is 31.6 Å². The predicted octanol–water partition coefficient (Wildman–Crippen LogP) is 6.02. The van der Waals surface area contributed by atoms with Gasteiger partial charge in [-0.05, 0) is 42.5 Å². The Morgan fingerprint density at radius 2 is 1.60 bits per heavy atom. The van der Waals surface area contributed by atoms with Crippen molar-refractivity contribution in [3.8, 4) is 23.1 Å². The molecule has 0 fully saturated rings. The Kier molecular flexibility index (Phi) is 16.2. The molecular weight excluding hydrogens is 772 g/mol. The van der Waals surface area contributed by atoms with E-state index < -0.39 is 18.7 Å². The number of rotatable bonds is 4.